The monoisotopic (exact) mass is 313 g/mol. The molecule has 1 nitrogen and oxygen atoms in total. The Hall–Kier alpha value is -1.15. The van der Waals surface area contributed by atoms with Crippen LogP contribution in [0.2, 0.25) is 19.6 Å². The van der Waals surface area contributed by atoms with Crippen molar-refractivity contribution >= 4 is 18.8 Å². The Morgan fingerprint density at radius 2 is 2.00 bits per heavy atom. The van der Waals surface area contributed by atoms with E-state index in [4.69, 9.17) is 4.98 Å². The standard InChI is InChI=1S/C20H31NSi/c1-6-7-10-16(2)19-14-18(13-17-11-8-9-12-17)20(15-21-19)22(3,4)5/h7,10,14-15,17H,2,6,8-9,11-13H2,1,3-5H3/b10-7-. The zero-order valence-electron chi connectivity index (χ0n) is 14.8. The predicted molar refractivity (Wildman–Crippen MR) is 101 cm³/mol. The summed E-state index contributed by atoms with van der Waals surface area (Å²) in [5.41, 5.74) is 3.64. The summed E-state index contributed by atoms with van der Waals surface area (Å²) in [5.74, 6) is 0.879. The molecule has 0 aromatic carbocycles. The van der Waals surface area contributed by atoms with Crippen LogP contribution in [0.5, 0.6) is 0 Å². The Morgan fingerprint density at radius 1 is 1.32 bits per heavy atom. The summed E-state index contributed by atoms with van der Waals surface area (Å²) >= 11 is 0. The van der Waals surface area contributed by atoms with E-state index in [1.165, 1.54) is 37.3 Å². The number of nitrogens with zero attached hydrogens (tertiary/aromatic N) is 1. The minimum atomic E-state index is -1.34. The third-order valence-electron chi connectivity index (χ3n) is 4.66. The molecule has 1 aromatic rings. The highest BCUT2D eigenvalue weighted by Crippen LogP contribution is 2.28. The second-order valence-electron chi connectivity index (χ2n) is 7.67. The molecule has 0 N–H and O–H groups in total. The van der Waals surface area contributed by atoms with Gasteiger partial charge in [-0.25, -0.2) is 0 Å². The molecule has 2 heteroatoms. The third-order valence-corrected chi connectivity index (χ3v) is 6.73. The minimum Gasteiger partial charge on any atom is -0.256 e. The van der Waals surface area contributed by atoms with Gasteiger partial charge in [0, 0.05) is 6.20 Å². The molecule has 1 aromatic heterocycles. The van der Waals surface area contributed by atoms with Crippen LogP contribution >= 0.6 is 0 Å². The molecule has 0 atom stereocenters. The van der Waals surface area contributed by atoms with Crippen molar-refractivity contribution in [3.05, 3.63) is 42.3 Å². The summed E-state index contributed by atoms with van der Waals surface area (Å²) in [6.45, 7) is 13.6. The van der Waals surface area contributed by atoms with Gasteiger partial charge < -0.3 is 0 Å². The van der Waals surface area contributed by atoms with Gasteiger partial charge in [0.25, 0.3) is 0 Å². The van der Waals surface area contributed by atoms with Crippen LogP contribution in [0.1, 0.15) is 50.3 Å². The molecule has 22 heavy (non-hydrogen) atoms. The highest BCUT2D eigenvalue weighted by Gasteiger charge is 2.24. The molecule has 0 unspecified atom stereocenters. The van der Waals surface area contributed by atoms with Crippen LogP contribution < -0.4 is 5.19 Å². The van der Waals surface area contributed by atoms with Gasteiger partial charge in [-0.1, -0.05) is 71.0 Å². The molecular weight excluding hydrogens is 282 g/mol. The van der Waals surface area contributed by atoms with E-state index in [0.717, 1.165) is 23.6 Å². The van der Waals surface area contributed by atoms with E-state index in [1.807, 2.05) is 0 Å². The molecule has 0 aliphatic heterocycles. The van der Waals surface area contributed by atoms with Crippen LogP contribution in [0.3, 0.4) is 0 Å². The van der Waals surface area contributed by atoms with Gasteiger partial charge in [0.05, 0.1) is 13.8 Å². The summed E-state index contributed by atoms with van der Waals surface area (Å²) in [7, 11) is -1.34. The van der Waals surface area contributed by atoms with Crippen LogP contribution in [0.25, 0.3) is 5.57 Å². The van der Waals surface area contributed by atoms with Gasteiger partial charge in [-0.15, -0.1) is 0 Å². The number of aromatic nitrogens is 1. The van der Waals surface area contributed by atoms with Crippen LogP contribution in [-0.4, -0.2) is 13.1 Å². The van der Waals surface area contributed by atoms with Gasteiger partial charge >= 0.3 is 0 Å². The number of pyridine rings is 1. The average molecular weight is 314 g/mol. The topological polar surface area (TPSA) is 12.9 Å². The van der Waals surface area contributed by atoms with E-state index in [1.54, 1.807) is 5.56 Å². The van der Waals surface area contributed by atoms with Crippen LogP contribution in [0.4, 0.5) is 0 Å². The van der Waals surface area contributed by atoms with Gasteiger partial charge in [-0.2, -0.15) is 0 Å². The van der Waals surface area contributed by atoms with Crippen LogP contribution in [-0.2, 0) is 6.42 Å². The lowest BCUT2D eigenvalue weighted by molar-refractivity contribution is 0.547. The fourth-order valence-corrected chi connectivity index (χ4v) is 4.98. The minimum absolute atomic E-state index is 0.879. The van der Waals surface area contributed by atoms with Crippen molar-refractivity contribution in [2.75, 3.05) is 0 Å². The first-order chi connectivity index (χ1) is 10.4. The number of hydrogen-bond acceptors (Lipinski definition) is 1. The summed E-state index contributed by atoms with van der Waals surface area (Å²) in [4.78, 5) is 4.72. The number of allylic oxidation sites excluding steroid dienone is 3. The summed E-state index contributed by atoms with van der Waals surface area (Å²) < 4.78 is 0. The Balaban J connectivity index is 2.31. The highest BCUT2D eigenvalue weighted by molar-refractivity contribution is 6.89. The molecular formula is C20H31NSi. The van der Waals surface area contributed by atoms with Gasteiger partial charge in [0.1, 0.15) is 0 Å². The van der Waals surface area contributed by atoms with E-state index in [-0.39, 0.29) is 0 Å². The van der Waals surface area contributed by atoms with Crippen molar-refractivity contribution in [1.29, 1.82) is 0 Å². The third kappa shape index (κ3) is 4.42. The first-order valence-corrected chi connectivity index (χ1v) is 12.3. The van der Waals surface area contributed by atoms with Gasteiger partial charge in [0.2, 0.25) is 0 Å². The molecule has 1 fully saturated rings. The maximum absolute atomic E-state index is 4.72. The molecule has 0 radical (unpaired) electrons. The Bertz CT molecular complexity index is 545. The molecule has 0 spiro atoms. The molecule has 1 aliphatic rings. The van der Waals surface area contributed by atoms with E-state index in [9.17, 15) is 0 Å². The van der Waals surface area contributed by atoms with Crippen molar-refractivity contribution in [2.24, 2.45) is 5.92 Å². The van der Waals surface area contributed by atoms with E-state index in [0.29, 0.717) is 0 Å². The summed E-state index contributed by atoms with van der Waals surface area (Å²) in [6, 6.07) is 2.33. The number of hydrogen-bond donors (Lipinski definition) is 0. The molecule has 0 amide bonds. The largest absolute Gasteiger partial charge is 0.256 e. The normalized spacial score (nSPS) is 16.5. The van der Waals surface area contributed by atoms with Crippen molar-refractivity contribution in [2.45, 2.75) is 65.1 Å². The Labute approximate surface area is 137 Å². The smallest absolute Gasteiger partial charge is 0.0799 e. The van der Waals surface area contributed by atoms with Crippen molar-refractivity contribution in [1.82, 2.24) is 4.98 Å². The quantitative estimate of drug-likeness (QED) is 0.510. The molecule has 0 bridgehead atoms. The van der Waals surface area contributed by atoms with Crippen LogP contribution in [0.15, 0.2) is 31.0 Å². The van der Waals surface area contributed by atoms with Crippen molar-refractivity contribution in [3.8, 4) is 0 Å². The van der Waals surface area contributed by atoms with Crippen molar-refractivity contribution in [3.63, 3.8) is 0 Å². The SMILES string of the molecule is C=C(/C=C\CC)c1cc(CC2CCCC2)c([Si](C)(C)C)cn1. The Kier molecular flexibility index (Phi) is 5.79. The average Bonchev–Trinajstić information content (AvgIpc) is 2.96. The molecule has 0 saturated heterocycles. The maximum atomic E-state index is 4.72. The zero-order valence-corrected chi connectivity index (χ0v) is 15.8. The highest BCUT2D eigenvalue weighted by atomic mass is 28.3. The lowest BCUT2D eigenvalue weighted by Crippen LogP contribution is -2.41. The zero-order chi connectivity index (χ0) is 16.2. The lowest BCUT2D eigenvalue weighted by Gasteiger charge is -2.23. The van der Waals surface area contributed by atoms with E-state index < -0.39 is 8.07 Å². The first-order valence-electron chi connectivity index (χ1n) is 8.77. The van der Waals surface area contributed by atoms with E-state index >= 15 is 0 Å². The molecule has 2 rings (SSSR count). The molecule has 1 aliphatic carbocycles. The molecule has 1 saturated carbocycles. The van der Waals surface area contributed by atoms with Gasteiger partial charge in [0.15, 0.2) is 0 Å². The molecule has 1 heterocycles. The predicted octanol–water partition coefficient (Wildman–Crippen LogP) is 5.34. The molecule has 120 valence electrons. The Morgan fingerprint density at radius 3 is 2.59 bits per heavy atom. The second-order valence-corrected chi connectivity index (χ2v) is 12.7. The van der Waals surface area contributed by atoms with Gasteiger partial charge in [-0.3, -0.25) is 4.98 Å². The second kappa shape index (κ2) is 7.41. The van der Waals surface area contributed by atoms with E-state index in [2.05, 4.69) is 57.6 Å². The van der Waals surface area contributed by atoms with Gasteiger partial charge in [-0.05, 0) is 41.1 Å². The fraction of sp³-hybridized carbons (Fsp3) is 0.550. The first kappa shape index (κ1) is 17.2. The summed E-state index contributed by atoms with van der Waals surface area (Å²) in [6.07, 6.45) is 14.3. The lowest BCUT2D eigenvalue weighted by atomic mass is 9.97. The fourth-order valence-electron chi connectivity index (χ4n) is 3.39. The van der Waals surface area contributed by atoms with Crippen LogP contribution in [0, 0.1) is 5.92 Å². The number of rotatable bonds is 6. The van der Waals surface area contributed by atoms with Crippen molar-refractivity contribution < 1.29 is 0 Å². The summed E-state index contributed by atoms with van der Waals surface area (Å²) in [5, 5.41) is 1.54. The maximum Gasteiger partial charge on any atom is 0.0799 e.